The van der Waals surface area contributed by atoms with Crippen molar-refractivity contribution in [3.8, 4) is 0 Å². The van der Waals surface area contributed by atoms with Gasteiger partial charge in [0, 0.05) is 12.1 Å². The number of nitrogens with zero attached hydrogens (tertiary/aromatic N) is 5. The predicted octanol–water partition coefficient (Wildman–Crippen LogP) is 2.89. The fourth-order valence-corrected chi connectivity index (χ4v) is 3.31. The first-order valence-electron chi connectivity index (χ1n) is 7.88. The molecule has 1 N–H and O–H groups in total. The fraction of sp³-hybridized carbons (Fsp3) is 0.200. The van der Waals surface area contributed by atoms with E-state index in [9.17, 15) is 25.0 Å². The van der Waals surface area contributed by atoms with Crippen molar-refractivity contribution in [3.63, 3.8) is 0 Å². The molecule has 0 aliphatic heterocycles. The molecule has 0 amide bonds. The predicted molar refractivity (Wildman–Crippen MR) is 96.1 cm³/mol. The molecule has 0 saturated heterocycles. The minimum absolute atomic E-state index is 0.0929. The molecule has 0 aliphatic rings. The lowest BCUT2D eigenvalue weighted by Crippen LogP contribution is -2.08. The summed E-state index contributed by atoms with van der Waals surface area (Å²) in [5.74, 6) is -0.873. The van der Waals surface area contributed by atoms with E-state index in [-0.39, 0.29) is 22.1 Å². The largest absolute Gasteiger partial charge is 0.462 e. The van der Waals surface area contributed by atoms with Crippen molar-refractivity contribution < 1.29 is 19.4 Å². The number of rotatable bonds is 7. The van der Waals surface area contributed by atoms with Gasteiger partial charge in [-0.25, -0.2) is 19.7 Å². The standard InChI is InChI=1S/C15H12N6O6S/c1-2-3-27-15(22)8-4-9(20(23)24)12(10(5-8)21(25)26)28-14-11-13(17-6-16-11)18-7-19-14/h4-7H,2-3H2,1H3,(H,16,17,18,19). The molecule has 0 saturated carbocycles. The lowest BCUT2D eigenvalue weighted by molar-refractivity contribution is -0.399. The number of carbonyl (C=O) groups excluding carboxylic acids is 1. The van der Waals surface area contributed by atoms with Crippen LogP contribution in [0.5, 0.6) is 0 Å². The van der Waals surface area contributed by atoms with Crippen LogP contribution in [0.3, 0.4) is 0 Å². The molecular weight excluding hydrogens is 392 g/mol. The third kappa shape index (κ3) is 3.73. The quantitative estimate of drug-likeness (QED) is 0.267. The Morgan fingerprint density at radius 1 is 1.18 bits per heavy atom. The zero-order valence-electron chi connectivity index (χ0n) is 14.3. The van der Waals surface area contributed by atoms with Crippen LogP contribution in [0.1, 0.15) is 23.7 Å². The van der Waals surface area contributed by atoms with Crippen molar-refractivity contribution in [2.24, 2.45) is 0 Å². The maximum atomic E-state index is 12.1. The monoisotopic (exact) mass is 404 g/mol. The van der Waals surface area contributed by atoms with E-state index in [1.54, 1.807) is 6.92 Å². The molecule has 2 aromatic heterocycles. The van der Waals surface area contributed by atoms with Gasteiger partial charge in [0.2, 0.25) is 0 Å². The van der Waals surface area contributed by atoms with Crippen molar-refractivity contribution in [2.75, 3.05) is 6.61 Å². The molecule has 12 nitrogen and oxygen atoms in total. The molecule has 3 rings (SSSR count). The minimum atomic E-state index is -0.873. The van der Waals surface area contributed by atoms with Crippen LogP contribution in [0.25, 0.3) is 11.2 Å². The molecule has 0 radical (unpaired) electrons. The molecule has 1 aromatic carbocycles. The lowest BCUT2D eigenvalue weighted by Gasteiger charge is -2.07. The molecule has 0 atom stereocenters. The molecule has 13 heteroatoms. The third-order valence-corrected chi connectivity index (χ3v) is 4.63. The van der Waals surface area contributed by atoms with Gasteiger partial charge in [-0.1, -0.05) is 18.7 Å². The number of nitrogens with one attached hydrogen (secondary N) is 1. The first kappa shape index (κ1) is 19.2. The molecule has 144 valence electrons. The summed E-state index contributed by atoms with van der Waals surface area (Å²) in [6, 6.07) is 1.91. The van der Waals surface area contributed by atoms with Crippen molar-refractivity contribution in [1.29, 1.82) is 0 Å². The molecule has 28 heavy (non-hydrogen) atoms. The van der Waals surface area contributed by atoms with Crippen LogP contribution in [0.4, 0.5) is 11.4 Å². The first-order chi connectivity index (χ1) is 13.4. The number of hydrogen-bond acceptors (Lipinski definition) is 10. The average molecular weight is 404 g/mol. The van der Waals surface area contributed by atoms with Crippen molar-refractivity contribution in [2.45, 2.75) is 23.3 Å². The number of carbonyl (C=O) groups is 1. The van der Waals surface area contributed by atoms with Gasteiger partial charge in [0.1, 0.15) is 16.9 Å². The van der Waals surface area contributed by atoms with Gasteiger partial charge in [0.15, 0.2) is 10.5 Å². The number of esters is 1. The highest BCUT2D eigenvalue weighted by Crippen LogP contribution is 2.42. The number of nitro groups is 2. The Morgan fingerprint density at radius 2 is 1.86 bits per heavy atom. The van der Waals surface area contributed by atoms with Gasteiger partial charge in [0.05, 0.1) is 28.3 Å². The zero-order valence-corrected chi connectivity index (χ0v) is 15.1. The molecule has 3 aromatic rings. The van der Waals surface area contributed by atoms with Gasteiger partial charge < -0.3 is 9.72 Å². The summed E-state index contributed by atoms with van der Waals surface area (Å²) in [6.45, 7) is 1.87. The zero-order chi connectivity index (χ0) is 20.3. The van der Waals surface area contributed by atoms with E-state index in [1.807, 2.05) is 0 Å². The van der Waals surface area contributed by atoms with Gasteiger partial charge >= 0.3 is 5.97 Å². The number of H-pyrrole nitrogens is 1. The van der Waals surface area contributed by atoms with Gasteiger partial charge in [-0.3, -0.25) is 20.2 Å². The van der Waals surface area contributed by atoms with E-state index in [2.05, 4.69) is 19.9 Å². The van der Waals surface area contributed by atoms with E-state index in [1.165, 1.54) is 12.7 Å². The second kappa shape index (κ2) is 7.96. The number of ether oxygens (including phenoxy) is 1. The highest BCUT2D eigenvalue weighted by atomic mass is 32.2. The van der Waals surface area contributed by atoms with Gasteiger partial charge in [-0.05, 0) is 6.42 Å². The molecule has 0 bridgehead atoms. The van der Waals surface area contributed by atoms with Gasteiger partial charge in [-0.2, -0.15) is 0 Å². The topological polar surface area (TPSA) is 167 Å². The SMILES string of the molecule is CCCOC(=O)c1cc([N+](=O)[O-])c(Sc2ncnc3nc[nH]c23)c([N+](=O)[O-])c1. The number of fused-ring (bicyclic) bond motifs is 1. The van der Waals surface area contributed by atoms with Crippen LogP contribution in [-0.4, -0.2) is 42.4 Å². The first-order valence-corrected chi connectivity index (χ1v) is 8.70. The van der Waals surface area contributed by atoms with E-state index < -0.39 is 27.2 Å². The Hall–Kier alpha value is -3.61. The number of imidazole rings is 1. The highest BCUT2D eigenvalue weighted by molar-refractivity contribution is 7.99. The maximum Gasteiger partial charge on any atom is 0.338 e. The summed E-state index contributed by atoms with van der Waals surface area (Å²) in [5, 5.41) is 23.3. The third-order valence-electron chi connectivity index (χ3n) is 3.50. The lowest BCUT2D eigenvalue weighted by atomic mass is 10.1. The molecule has 2 heterocycles. The molecular formula is C15H12N6O6S. The van der Waals surface area contributed by atoms with Crippen LogP contribution in [-0.2, 0) is 4.74 Å². The van der Waals surface area contributed by atoms with Crippen molar-refractivity contribution in [1.82, 2.24) is 19.9 Å². The second-order valence-electron chi connectivity index (χ2n) is 5.38. The number of aromatic nitrogens is 4. The van der Waals surface area contributed by atoms with Crippen LogP contribution in [0, 0.1) is 20.2 Å². The number of nitro benzene ring substituents is 2. The minimum Gasteiger partial charge on any atom is -0.462 e. The molecule has 0 spiro atoms. The van der Waals surface area contributed by atoms with Crippen LogP contribution in [0.15, 0.2) is 34.7 Å². The maximum absolute atomic E-state index is 12.1. The Kier molecular flexibility index (Phi) is 5.44. The molecule has 0 unspecified atom stereocenters. The molecule has 0 fully saturated rings. The summed E-state index contributed by atoms with van der Waals surface area (Å²) < 4.78 is 4.93. The van der Waals surface area contributed by atoms with Crippen LogP contribution < -0.4 is 0 Å². The number of aromatic amines is 1. The van der Waals surface area contributed by atoms with Gasteiger partial charge in [-0.15, -0.1) is 0 Å². The summed E-state index contributed by atoms with van der Waals surface area (Å²) in [7, 11) is 0. The Bertz CT molecular complexity index is 1050. The summed E-state index contributed by atoms with van der Waals surface area (Å²) in [6.07, 6.45) is 3.09. The number of hydrogen-bond donors (Lipinski definition) is 1. The Morgan fingerprint density at radius 3 is 2.46 bits per heavy atom. The van der Waals surface area contributed by atoms with E-state index in [0.29, 0.717) is 29.3 Å². The van der Waals surface area contributed by atoms with E-state index >= 15 is 0 Å². The normalized spacial score (nSPS) is 10.8. The number of benzene rings is 1. The highest BCUT2D eigenvalue weighted by Gasteiger charge is 2.30. The van der Waals surface area contributed by atoms with Crippen molar-refractivity contribution >= 4 is 40.3 Å². The summed E-state index contributed by atoms with van der Waals surface area (Å²) in [4.78, 5) is 48.0. The Balaban J connectivity index is 2.13. The summed E-state index contributed by atoms with van der Waals surface area (Å²) >= 11 is 0.712. The second-order valence-corrected chi connectivity index (χ2v) is 6.37. The molecule has 0 aliphatic carbocycles. The Labute approximate surface area is 160 Å². The summed E-state index contributed by atoms with van der Waals surface area (Å²) in [5.41, 5.74) is -0.793. The van der Waals surface area contributed by atoms with Gasteiger partial charge in [0.25, 0.3) is 11.4 Å². The van der Waals surface area contributed by atoms with Crippen LogP contribution >= 0.6 is 11.8 Å². The average Bonchev–Trinajstić information content (AvgIpc) is 3.15. The smallest absolute Gasteiger partial charge is 0.338 e. The van der Waals surface area contributed by atoms with E-state index in [4.69, 9.17) is 4.74 Å². The van der Waals surface area contributed by atoms with Crippen LogP contribution in [0.2, 0.25) is 0 Å². The van der Waals surface area contributed by atoms with E-state index in [0.717, 1.165) is 12.1 Å². The van der Waals surface area contributed by atoms with Crippen molar-refractivity contribution in [3.05, 3.63) is 50.6 Å². The fourth-order valence-electron chi connectivity index (χ4n) is 2.29.